The standard InChI is InChI=1S/C12H17NO/c1-8-4-5-9(2)11(6-8)7-12(13)10(3)14/h4-6,12H,7,13H2,1-3H3. The highest BCUT2D eigenvalue weighted by molar-refractivity contribution is 5.81. The Morgan fingerprint density at radius 2 is 2.07 bits per heavy atom. The third kappa shape index (κ3) is 2.67. The first-order valence-corrected chi connectivity index (χ1v) is 4.83. The van der Waals surface area contributed by atoms with Crippen molar-refractivity contribution < 1.29 is 4.79 Å². The fraction of sp³-hybridized carbons (Fsp3) is 0.417. The van der Waals surface area contributed by atoms with Crippen LogP contribution in [0.1, 0.15) is 23.6 Å². The Hall–Kier alpha value is -1.15. The second-order valence-corrected chi connectivity index (χ2v) is 3.85. The topological polar surface area (TPSA) is 43.1 Å². The SMILES string of the molecule is CC(=O)C(N)Cc1cc(C)ccc1C. The Labute approximate surface area is 85.1 Å². The first-order chi connectivity index (χ1) is 6.50. The molecule has 2 heteroatoms. The Morgan fingerprint density at radius 3 is 2.64 bits per heavy atom. The Kier molecular flexibility index (Phi) is 3.42. The van der Waals surface area contributed by atoms with E-state index in [2.05, 4.69) is 18.2 Å². The van der Waals surface area contributed by atoms with Crippen LogP contribution in [0.2, 0.25) is 0 Å². The van der Waals surface area contributed by atoms with Crippen LogP contribution in [0.4, 0.5) is 0 Å². The summed E-state index contributed by atoms with van der Waals surface area (Å²) in [6.45, 7) is 5.62. The Morgan fingerprint density at radius 1 is 1.43 bits per heavy atom. The fourth-order valence-electron chi connectivity index (χ4n) is 1.40. The first-order valence-electron chi connectivity index (χ1n) is 4.83. The van der Waals surface area contributed by atoms with Crippen molar-refractivity contribution in [2.24, 2.45) is 5.73 Å². The van der Waals surface area contributed by atoms with E-state index in [-0.39, 0.29) is 11.8 Å². The molecule has 0 aliphatic heterocycles. The van der Waals surface area contributed by atoms with Gasteiger partial charge >= 0.3 is 0 Å². The van der Waals surface area contributed by atoms with Gasteiger partial charge in [0.15, 0.2) is 0 Å². The number of carbonyl (C=O) groups is 1. The van der Waals surface area contributed by atoms with Crippen molar-refractivity contribution in [1.29, 1.82) is 0 Å². The lowest BCUT2D eigenvalue weighted by molar-refractivity contribution is -0.118. The summed E-state index contributed by atoms with van der Waals surface area (Å²) in [4.78, 5) is 11.0. The number of aryl methyl sites for hydroxylation is 2. The third-order valence-electron chi connectivity index (χ3n) is 2.47. The number of ketones is 1. The maximum absolute atomic E-state index is 11.0. The predicted octanol–water partition coefficient (Wildman–Crippen LogP) is 1.76. The van der Waals surface area contributed by atoms with Gasteiger partial charge in [-0.15, -0.1) is 0 Å². The van der Waals surface area contributed by atoms with Crippen molar-refractivity contribution in [2.75, 3.05) is 0 Å². The Bertz CT molecular complexity index is 344. The van der Waals surface area contributed by atoms with Crippen LogP contribution >= 0.6 is 0 Å². The summed E-state index contributed by atoms with van der Waals surface area (Å²) in [5, 5.41) is 0. The van der Waals surface area contributed by atoms with E-state index >= 15 is 0 Å². The molecule has 76 valence electrons. The van der Waals surface area contributed by atoms with Gasteiger partial charge in [0.1, 0.15) is 5.78 Å². The smallest absolute Gasteiger partial charge is 0.146 e. The van der Waals surface area contributed by atoms with Gasteiger partial charge in [-0.3, -0.25) is 4.79 Å². The van der Waals surface area contributed by atoms with Gasteiger partial charge in [-0.05, 0) is 38.3 Å². The number of Topliss-reactive ketones (excluding diaryl/α,β-unsaturated/α-hetero) is 1. The van der Waals surface area contributed by atoms with Crippen LogP contribution < -0.4 is 5.73 Å². The van der Waals surface area contributed by atoms with E-state index in [1.165, 1.54) is 23.6 Å². The maximum Gasteiger partial charge on any atom is 0.146 e. The van der Waals surface area contributed by atoms with E-state index in [0.717, 1.165) is 0 Å². The average Bonchev–Trinajstić information content (AvgIpc) is 2.11. The van der Waals surface area contributed by atoms with Crippen LogP contribution in [0.25, 0.3) is 0 Å². The van der Waals surface area contributed by atoms with Crippen LogP contribution in [0.15, 0.2) is 18.2 Å². The number of nitrogens with two attached hydrogens (primary N) is 1. The highest BCUT2D eigenvalue weighted by Crippen LogP contribution is 2.12. The van der Waals surface area contributed by atoms with Crippen LogP contribution in [0.3, 0.4) is 0 Å². The largest absolute Gasteiger partial charge is 0.321 e. The normalized spacial score (nSPS) is 12.6. The summed E-state index contributed by atoms with van der Waals surface area (Å²) in [5.74, 6) is 0.0471. The Balaban J connectivity index is 2.85. The van der Waals surface area contributed by atoms with E-state index in [1.54, 1.807) is 0 Å². The lowest BCUT2D eigenvalue weighted by Gasteiger charge is -2.11. The van der Waals surface area contributed by atoms with Crippen LogP contribution in [-0.4, -0.2) is 11.8 Å². The molecule has 0 radical (unpaired) electrons. The maximum atomic E-state index is 11.0. The van der Waals surface area contributed by atoms with Gasteiger partial charge in [-0.1, -0.05) is 23.8 Å². The highest BCUT2D eigenvalue weighted by atomic mass is 16.1. The molecule has 1 aromatic rings. The van der Waals surface area contributed by atoms with Gasteiger partial charge in [0.05, 0.1) is 6.04 Å². The van der Waals surface area contributed by atoms with Gasteiger partial charge in [-0.2, -0.15) is 0 Å². The monoisotopic (exact) mass is 191 g/mol. The molecule has 0 saturated heterocycles. The van der Waals surface area contributed by atoms with E-state index in [1.807, 2.05) is 13.8 Å². The van der Waals surface area contributed by atoms with Crippen molar-refractivity contribution >= 4 is 5.78 Å². The van der Waals surface area contributed by atoms with Crippen molar-refractivity contribution in [3.63, 3.8) is 0 Å². The van der Waals surface area contributed by atoms with E-state index in [0.29, 0.717) is 6.42 Å². The molecule has 2 N–H and O–H groups in total. The van der Waals surface area contributed by atoms with Gasteiger partial charge in [-0.25, -0.2) is 0 Å². The molecule has 0 amide bonds. The number of rotatable bonds is 3. The summed E-state index contributed by atoms with van der Waals surface area (Å²) < 4.78 is 0. The van der Waals surface area contributed by atoms with E-state index < -0.39 is 0 Å². The summed E-state index contributed by atoms with van der Waals surface area (Å²) in [6.07, 6.45) is 0.642. The van der Waals surface area contributed by atoms with Crippen molar-refractivity contribution in [3.05, 3.63) is 34.9 Å². The van der Waals surface area contributed by atoms with Gasteiger partial charge in [0.2, 0.25) is 0 Å². The summed E-state index contributed by atoms with van der Waals surface area (Å²) in [6, 6.07) is 5.86. The molecule has 0 bridgehead atoms. The minimum atomic E-state index is -0.365. The molecule has 0 aliphatic rings. The van der Waals surface area contributed by atoms with Crippen molar-refractivity contribution in [2.45, 2.75) is 33.2 Å². The molecule has 0 saturated carbocycles. The number of hydrogen-bond acceptors (Lipinski definition) is 2. The second kappa shape index (κ2) is 4.38. The van der Waals surface area contributed by atoms with E-state index in [4.69, 9.17) is 5.73 Å². The molecule has 1 aromatic carbocycles. The fourth-order valence-corrected chi connectivity index (χ4v) is 1.40. The quantitative estimate of drug-likeness (QED) is 0.791. The average molecular weight is 191 g/mol. The minimum Gasteiger partial charge on any atom is -0.321 e. The molecule has 1 unspecified atom stereocenters. The van der Waals surface area contributed by atoms with Crippen LogP contribution in [0, 0.1) is 13.8 Å². The number of hydrogen-bond donors (Lipinski definition) is 1. The molecular weight excluding hydrogens is 174 g/mol. The zero-order valence-electron chi connectivity index (χ0n) is 9.00. The molecule has 0 aromatic heterocycles. The molecule has 14 heavy (non-hydrogen) atoms. The van der Waals surface area contributed by atoms with Crippen LogP contribution in [0.5, 0.6) is 0 Å². The molecular formula is C12H17NO. The predicted molar refractivity (Wildman–Crippen MR) is 58.3 cm³/mol. The van der Waals surface area contributed by atoms with Crippen LogP contribution in [-0.2, 0) is 11.2 Å². The zero-order valence-corrected chi connectivity index (χ0v) is 9.00. The summed E-state index contributed by atoms with van der Waals surface area (Å²) in [5.41, 5.74) is 9.30. The van der Waals surface area contributed by atoms with Crippen molar-refractivity contribution in [1.82, 2.24) is 0 Å². The molecule has 0 spiro atoms. The summed E-state index contributed by atoms with van der Waals surface area (Å²) in [7, 11) is 0. The third-order valence-corrected chi connectivity index (χ3v) is 2.47. The zero-order chi connectivity index (χ0) is 10.7. The minimum absolute atomic E-state index is 0.0471. The first kappa shape index (κ1) is 10.9. The molecule has 1 atom stereocenters. The van der Waals surface area contributed by atoms with Gasteiger partial charge < -0.3 is 5.73 Å². The lowest BCUT2D eigenvalue weighted by atomic mass is 9.98. The summed E-state index contributed by atoms with van der Waals surface area (Å²) >= 11 is 0. The van der Waals surface area contributed by atoms with Gasteiger partial charge in [0, 0.05) is 0 Å². The molecule has 0 fully saturated rings. The van der Waals surface area contributed by atoms with E-state index in [9.17, 15) is 4.79 Å². The second-order valence-electron chi connectivity index (χ2n) is 3.85. The molecule has 2 nitrogen and oxygen atoms in total. The number of carbonyl (C=O) groups excluding carboxylic acids is 1. The highest BCUT2D eigenvalue weighted by Gasteiger charge is 2.10. The lowest BCUT2D eigenvalue weighted by Crippen LogP contribution is -2.30. The molecule has 1 rings (SSSR count). The van der Waals surface area contributed by atoms with Gasteiger partial charge in [0.25, 0.3) is 0 Å². The molecule has 0 heterocycles. The molecule has 0 aliphatic carbocycles. The van der Waals surface area contributed by atoms with Crippen molar-refractivity contribution in [3.8, 4) is 0 Å². The number of benzene rings is 1.